The quantitative estimate of drug-likeness (QED) is 0.690. The van der Waals surface area contributed by atoms with Gasteiger partial charge in [-0.15, -0.1) is 0 Å². The third kappa shape index (κ3) is 2.93. The van der Waals surface area contributed by atoms with Gasteiger partial charge in [0.15, 0.2) is 17.4 Å². The molecule has 2 rings (SSSR count). The van der Waals surface area contributed by atoms with Crippen LogP contribution in [0.3, 0.4) is 0 Å². The molecule has 0 aromatic heterocycles. The van der Waals surface area contributed by atoms with Crippen LogP contribution >= 0.6 is 0 Å². The Morgan fingerprint density at radius 1 is 1.15 bits per heavy atom. The minimum atomic E-state index is -0.978. The number of nitrogens with two attached hydrogens (primary N) is 1. The summed E-state index contributed by atoms with van der Waals surface area (Å²) in [5.41, 5.74) is 6.75. The summed E-state index contributed by atoms with van der Waals surface area (Å²) in [6.07, 6.45) is -0.0609. The number of ether oxygens (including phenoxy) is 1. The van der Waals surface area contributed by atoms with E-state index in [2.05, 4.69) is 0 Å². The van der Waals surface area contributed by atoms with Gasteiger partial charge in [0.1, 0.15) is 5.75 Å². The summed E-state index contributed by atoms with van der Waals surface area (Å²) in [6.45, 7) is 0. The number of ketones is 1. The normalized spacial score (nSPS) is 10.3. The van der Waals surface area contributed by atoms with Crippen molar-refractivity contribution in [1.29, 1.82) is 0 Å². The lowest BCUT2D eigenvalue weighted by Gasteiger charge is -2.07. The van der Waals surface area contributed by atoms with Crippen LogP contribution in [-0.4, -0.2) is 12.9 Å². The molecule has 0 radical (unpaired) electrons. The average molecular weight is 277 g/mol. The van der Waals surface area contributed by atoms with Gasteiger partial charge in [-0.25, -0.2) is 8.78 Å². The molecule has 0 spiro atoms. The predicted octanol–water partition coefficient (Wildman–Crippen LogP) is 2.98. The molecule has 0 saturated carbocycles. The number of Topliss-reactive ketones (excluding diaryl/α,β-unsaturated/α-hetero) is 1. The molecule has 0 aliphatic carbocycles. The van der Waals surface area contributed by atoms with Crippen LogP contribution in [0.1, 0.15) is 15.9 Å². The third-order valence-electron chi connectivity index (χ3n) is 2.91. The van der Waals surface area contributed by atoms with Crippen molar-refractivity contribution in [2.45, 2.75) is 6.42 Å². The highest BCUT2D eigenvalue weighted by Gasteiger charge is 2.13. The fourth-order valence-corrected chi connectivity index (χ4v) is 1.83. The van der Waals surface area contributed by atoms with Gasteiger partial charge in [0.05, 0.1) is 7.11 Å². The number of carbonyl (C=O) groups is 1. The molecule has 0 aliphatic rings. The molecule has 0 fully saturated rings. The van der Waals surface area contributed by atoms with Crippen molar-refractivity contribution in [3.63, 3.8) is 0 Å². The number of rotatable bonds is 4. The average Bonchev–Trinajstić information content (AvgIpc) is 2.43. The molecule has 5 heteroatoms. The standard InChI is InChI=1S/C15H13F2NO2/c1-20-10-3-5-14(18)11(8-10)15(19)7-9-2-4-12(16)13(17)6-9/h2-6,8H,7,18H2,1H3. The summed E-state index contributed by atoms with van der Waals surface area (Å²) in [4.78, 5) is 12.1. The zero-order chi connectivity index (χ0) is 14.7. The lowest BCUT2D eigenvalue weighted by atomic mass is 10.0. The molecule has 0 atom stereocenters. The van der Waals surface area contributed by atoms with E-state index in [0.29, 0.717) is 22.6 Å². The van der Waals surface area contributed by atoms with Crippen molar-refractivity contribution in [3.05, 3.63) is 59.2 Å². The molecule has 20 heavy (non-hydrogen) atoms. The van der Waals surface area contributed by atoms with Gasteiger partial charge in [0.2, 0.25) is 0 Å². The molecule has 0 bridgehead atoms. The van der Waals surface area contributed by atoms with Gasteiger partial charge in [-0.1, -0.05) is 6.07 Å². The Hall–Kier alpha value is -2.43. The molecule has 0 aliphatic heterocycles. The lowest BCUT2D eigenvalue weighted by Crippen LogP contribution is -2.08. The summed E-state index contributed by atoms with van der Waals surface area (Å²) < 4.78 is 31.0. The van der Waals surface area contributed by atoms with Crippen LogP contribution in [0.2, 0.25) is 0 Å². The second kappa shape index (κ2) is 5.69. The predicted molar refractivity (Wildman–Crippen MR) is 71.8 cm³/mol. The van der Waals surface area contributed by atoms with Crippen molar-refractivity contribution in [1.82, 2.24) is 0 Å². The summed E-state index contributed by atoms with van der Waals surface area (Å²) in [6, 6.07) is 8.10. The summed E-state index contributed by atoms with van der Waals surface area (Å²) in [5, 5.41) is 0. The fraction of sp³-hybridized carbons (Fsp3) is 0.133. The molecule has 3 nitrogen and oxygen atoms in total. The van der Waals surface area contributed by atoms with Gasteiger partial charge < -0.3 is 10.5 Å². The van der Waals surface area contributed by atoms with Crippen molar-refractivity contribution in [2.75, 3.05) is 12.8 Å². The third-order valence-corrected chi connectivity index (χ3v) is 2.91. The molecule has 0 heterocycles. The van der Waals surface area contributed by atoms with Gasteiger partial charge in [-0.3, -0.25) is 4.79 Å². The van der Waals surface area contributed by atoms with E-state index < -0.39 is 11.6 Å². The molecule has 2 N–H and O–H groups in total. The number of halogens is 2. The van der Waals surface area contributed by atoms with Crippen LogP contribution in [0.5, 0.6) is 5.75 Å². The van der Waals surface area contributed by atoms with Crippen LogP contribution in [0.4, 0.5) is 14.5 Å². The van der Waals surface area contributed by atoms with Gasteiger partial charge >= 0.3 is 0 Å². The van der Waals surface area contributed by atoms with E-state index in [9.17, 15) is 13.6 Å². The molecule has 104 valence electrons. The first-order chi connectivity index (χ1) is 9.51. The summed E-state index contributed by atoms with van der Waals surface area (Å²) in [7, 11) is 1.48. The van der Waals surface area contributed by atoms with E-state index in [1.54, 1.807) is 12.1 Å². The summed E-state index contributed by atoms with van der Waals surface area (Å²) >= 11 is 0. The maximum Gasteiger partial charge on any atom is 0.169 e. The molecular weight excluding hydrogens is 264 g/mol. The highest BCUT2D eigenvalue weighted by molar-refractivity contribution is 6.02. The first-order valence-electron chi connectivity index (χ1n) is 5.92. The number of hydrogen-bond acceptors (Lipinski definition) is 3. The Kier molecular flexibility index (Phi) is 3.98. The number of methoxy groups -OCH3 is 1. The first kappa shape index (κ1) is 14.0. The van der Waals surface area contributed by atoms with Gasteiger partial charge in [0, 0.05) is 17.7 Å². The van der Waals surface area contributed by atoms with Crippen molar-refractivity contribution < 1.29 is 18.3 Å². The maximum atomic E-state index is 13.1. The largest absolute Gasteiger partial charge is 0.497 e. The smallest absolute Gasteiger partial charge is 0.169 e. The van der Waals surface area contributed by atoms with Crippen molar-refractivity contribution >= 4 is 11.5 Å². The van der Waals surface area contributed by atoms with Crippen LogP contribution in [0, 0.1) is 11.6 Å². The van der Waals surface area contributed by atoms with Crippen LogP contribution < -0.4 is 10.5 Å². The van der Waals surface area contributed by atoms with E-state index in [1.807, 2.05) is 0 Å². The Bertz CT molecular complexity index is 656. The van der Waals surface area contributed by atoms with Crippen LogP contribution in [0.15, 0.2) is 36.4 Å². The van der Waals surface area contributed by atoms with Gasteiger partial charge in [-0.05, 0) is 35.9 Å². The first-order valence-corrected chi connectivity index (χ1v) is 5.92. The second-order valence-electron chi connectivity index (χ2n) is 4.30. The molecular formula is C15H13F2NO2. The van der Waals surface area contributed by atoms with Crippen LogP contribution in [-0.2, 0) is 6.42 Å². The number of anilines is 1. The number of hydrogen-bond donors (Lipinski definition) is 1. The minimum absolute atomic E-state index is 0.0609. The van der Waals surface area contributed by atoms with Crippen molar-refractivity contribution in [2.24, 2.45) is 0 Å². The molecule has 0 saturated heterocycles. The number of nitrogen functional groups attached to an aromatic ring is 1. The van der Waals surface area contributed by atoms with Gasteiger partial charge in [0.25, 0.3) is 0 Å². The number of benzene rings is 2. The topological polar surface area (TPSA) is 52.3 Å². The van der Waals surface area contributed by atoms with Crippen LogP contribution in [0.25, 0.3) is 0 Å². The molecule has 0 unspecified atom stereocenters. The number of carbonyl (C=O) groups excluding carboxylic acids is 1. The Balaban J connectivity index is 2.25. The maximum absolute atomic E-state index is 13.1. The second-order valence-corrected chi connectivity index (χ2v) is 4.30. The lowest BCUT2D eigenvalue weighted by molar-refractivity contribution is 0.0993. The highest BCUT2D eigenvalue weighted by atomic mass is 19.2. The van der Waals surface area contributed by atoms with E-state index in [1.165, 1.54) is 19.2 Å². The zero-order valence-corrected chi connectivity index (χ0v) is 10.8. The Morgan fingerprint density at radius 3 is 2.55 bits per heavy atom. The van der Waals surface area contributed by atoms with E-state index in [-0.39, 0.29) is 12.2 Å². The van der Waals surface area contributed by atoms with Gasteiger partial charge in [-0.2, -0.15) is 0 Å². The fourth-order valence-electron chi connectivity index (χ4n) is 1.83. The SMILES string of the molecule is COc1ccc(N)c(C(=O)Cc2ccc(F)c(F)c2)c1. The summed E-state index contributed by atoms with van der Waals surface area (Å²) in [5.74, 6) is -1.70. The Morgan fingerprint density at radius 2 is 1.90 bits per heavy atom. The van der Waals surface area contributed by atoms with Crippen molar-refractivity contribution in [3.8, 4) is 5.75 Å². The monoisotopic (exact) mass is 277 g/mol. The molecule has 2 aromatic rings. The minimum Gasteiger partial charge on any atom is -0.497 e. The van der Waals surface area contributed by atoms with E-state index in [0.717, 1.165) is 12.1 Å². The highest BCUT2D eigenvalue weighted by Crippen LogP contribution is 2.21. The Labute approximate surface area is 115 Å². The molecule has 0 amide bonds. The van der Waals surface area contributed by atoms with E-state index in [4.69, 9.17) is 10.5 Å². The van der Waals surface area contributed by atoms with E-state index >= 15 is 0 Å². The zero-order valence-electron chi connectivity index (χ0n) is 10.8. The molecule has 2 aromatic carbocycles.